The molecule has 0 saturated heterocycles. The van der Waals surface area contributed by atoms with Gasteiger partial charge in [-0.25, -0.2) is 4.89 Å². The van der Waals surface area contributed by atoms with Crippen LogP contribution < -0.4 is 0 Å². The van der Waals surface area contributed by atoms with Crippen LogP contribution in [0.2, 0.25) is 0 Å². The van der Waals surface area contributed by atoms with Crippen molar-refractivity contribution < 1.29 is 19.7 Å². The molecule has 4 fully saturated rings. The monoisotopic (exact) mass is 500 g/mol. The van der Waals surface area contributed by atoms with Gasteiger partial charge in [0.2, 0.25) is 0 Å². The molecule has 0 spiro atoms. The lowest BCUT2D eigenvalue weighted by atomic mass is 9.31. The van der Waals surface area contributed by atoms with Crippen molar-refractivity contribution in [1.29, 1.82) is 0 Å². The Labute approximate surface area is 219 Å². The first-order valence-electron chi connectivity index (χ1n) is 14.8. The average Bonchev–Trinajstić information content (AvgIpc) is 2.79. The van der Waals surface area contributed by atoms with Gasteiger partial charge in [-0.05, 0) is 117 Å². The van der Waals surface area contributed by atoms with Gasteiger partial charge in [-0.2, -0.15) is 0 Å². The fourth-order valence-corrected chi connectivity index (χ4v) is 11.8. The summed E-state index contributed by atoms with van der Waals surface area (Å²) in [5, 5.41) is 10.3. The summed E-state index contributed by atoms with van der Waals surface area (Å²) in [6.07, 6.45) is 13.0. The molecule has 5 aliphatic carbocycles. The van der Waals surface area contributed by atoms with Crippen LogP contribution in [0.1, 0.15) is 120 Å². The smallest absolute Gasteiger partial charge is 0.302 e. The predicted molar refractivity (Wildman–Crippen MR) is 143 cm³/mol. The van der Waals surface area contributed by atoms with Gasteiger partial charge in [0, 0.05) is 18.3 Å². The maximum Gasteiger partial charge on any atom is 0.302 e. The van der Waals surface area contributed by atoms with Gasteiger partial charge in [-0.3, -0.25) is 10.1 Å². The maximum absolute atomic E-state index is 11.9. The molecule has 10 atom stereocenters. The molecular weight excluding hydrogens is 448 g/mol. The first kappa shape index (κ1) is 26.7. The summed E-state index contributed by atoms with van der Waals surface area (Å²) in [6.45, 7) is 20.9. The molecule has 0 aromatic carbocycles. The molecule has 0 radical (unpaired) electrons. The van der Waals surface area contributed by atoms with Crippen LogP contribution in [0.15, 0.2) is 11.6 Å². The lowest BCUT2D eigenvalue weighted by Gasteiger charge is -2.74. The number of hydrogen-bond acceptors (Lipinski definition) is 4. The minimum atomic E-state index is -0.603. The highest BCUT2D eigenvalue weighted by molar-refractivity contribution is 5.66. The van der Waals surface area contributed by atoms with Gasteiger partial charge in [0.25, 0.3) is 0 Å². The summed E-state index contributed by atoms with van der Waals surface area (Å²) in [4.78, 5) is 17.4. The molecule has 0 aromatic heterocycles. The van der Waals surface area contributed by atoms with Gasteiger partial charge in [-0.1, -0.05) is 47.6 Å². The van der Waals surface area contributed by atoms with E-state index in [0.717, 1.165) is 19.3 Å². The summed E-state index contributed by atoms with van der Waals surface area (Å²) < 4.78 is 5.90. The highest BCUT2D eigenvalue weighted by Gasteiger charge is 2.71. The second-order valence-electron chi connectivity index (χ2n) is 15.5. The van der Waals surface area contributed by atoms with Crippen LogP contribution in [0, 0.1) is 50.7 Å². The van der Waals surface area contributed by atoms with E-state index in [4.69, 9.17) is 9.62 Å². The molecule has 204 valence electrons. The molecule has 0 aromatic rings. The molecule has 0 heterocycles. The second kappa shape index (κ2) is 8.07. The largest absolute Gasteiger partial charge is 0.462 e. The van der Waals surface area contributed by atoms with Crippen LogP contribution >= 0.6 is 0 Å². The van der Waals surface area contributed by atoms with Gasteiger partial charge in [0.05, 0.1) is 0 Å². The highest BCUT2D eigenvalue weighted by atomic mass is 17.1. The third kappa shape index (κ3) is 3.22. The number of fused-ring (bicyclic) bond motifs is 7. The van der Waals surface area contributed by atoms with E-state index in [0.29, 0.717) is 23.7 Å². The zero-order valence-electron chi connectivity index (χ0n) is 24.5. The van der Waals surface area contributed by atoms with Crippen LogP contribution in [0.4, 0.5) is 0 Å². The fraction of sp³-hybridized carbons (Fsp3) is 0.906. The summed E-state index contributed by atoms with van der Waals surface area (Å²) in [7, 11) is 0. The number of allylic oxidation sites excluding steroid dienone is 1. The van der Waals surface area contributed by atoms with Crippen LogP contribution in [0.5, 0.6) is 0 Å². The zero-order valence-corrected chi connectivity index (χ0v) is 24.5. The van der Waals surface area contributed by atoms with Gasteiger partial charge in [-0.15, -0.1) is 0 Å². The first-order valence-corrected chi connectivity index (χ1v) is 14.8. The molecule has 36 heavy (non-hydrogen) atoms. The third-order valence-electron chi connectivity index (χ3n) is 14.0. The Morgan fingerprint density at radius 2 is 1.58 bits per heavy atom. The zero-order chi connectivity index (χ0) is 26.5. The molecule has 1 N–H and O–H groups in total. The van der Waals surface area contributed by atoms with E-state index >= 15 is 0 Å². The quantitative estimate of drug-likeness (QED) is 0.180. The standard InChI is InChI=1S/C32H52O4/c1-20-12-15-28(5)18-19-30(7)22(26(28)32(20,9)36-34)10-11-24-29(6)16-14-25(35-21(2)33)27(3,4)23(29)13-17-31(24,30)8/h12,22-26,34H,10-11,13-19H2,1-9H3/t22-,23?,24-,25+,26?,28-,29+,30-,31-,32-/m1/s1. The van der Waals surface area contributed by atoms with Crippen molar-refractivity contribution in [2.75, 3.05) is 0 Å². The number of carbonyl (C=O) groups is 1. The molecule has 4 heteroatoms. The molecule has 5 aliphatic rings. The maximum atomic E-state index is 11.9. The normalized spacial score (nSPS) is 53.7. The lowest BCUT2D eigenvalue weighted by Crippen LogP contribution is -2.69. The van der Waals surface area contributed by atoms with E-state index in [1.54, 1.807) is 6.92 Å². The number of ether oxygens (including phenoxy) is 1. The van der Waals surface area contributed by atoms with E-state index in [9.17, 15) is 10.1 Å². The van der Waals surface area contributed by atoms with Gasteiger partial charge in [0.1, 0.15) is 11.7 Å². The number of carbonyl (C=O) groups excluding carboxylic acids is 1. The van der Waals surface area contributed by atoms with E-state index in [2.05, 4.69) is 61.5 Å². The Kier molecular flexibility index (Phi) is 5.99. The molecule has 2 unspecified atom stereocenters. The Balaban J connectivity index is 1.53. The van der Waals surface area contributed by atoms with Gasteiger partial charge < -0.3 is 4.74 Å². The van der Waals surface area contributed by atoms with E-state index in [1.807, 2.05) is 0 Å². The van der Waals surface area contributed by atoms with Crippen LogP contribution in [0.25, 0.3) is 0 Å². The Bertz CT molecular complexity index is 954. The highest BCUT2D eigenvalue weighted by Crippen LogP contribution is 2.77. The molecule has 4 nitrogen and oxygen atoms in total. The summed E-state index contributed by atoms with van der Waals surface area (Å²) in [6, 6.07) is 0. The SMILES string of the molecule is CC(=O)O[C@H]1CC[C@@]2(C)C(CC[C@]3(C)[C@@H]2CC[C@@H]2C4[C@](C)(CC=C(C)[C@@]4(C)OO)CC[C@]23C)C1(C)C. The van der Waals surface area contributed by atoms with Crippen molar-refractivity contribution in [2.45, 2.75) is 132 Å². The van der Waals surface area contributed by atoms with Crippen LogP contribution in [-0.2, 0) is 14.4 Å². The summed E-state index contributed by atoms with van der Waals surface area (Å²) >= 11 is 0. The molecule has 0 amide bonds. The van der Waals surface area contributed by atoms with Crippen molar-refractivity contribution in [1.82, 2.24) is 0 Å². The van der Waals surface area contributed by atoms with Crippen molar-refractivity contribution >= 4 is 5.97 Å². The number of rotatable bonds is 2. The minimum absolute atomic E-state index is 0.00251. The summed E-state index contributed by atoms with van der Waals surface area (Å²) in [5.74, 6) is 1.98. The van der Waals surface area contributed by atoms with Crippen LogP contribution in [-0.4, -0.2) is 22.9 Å². The Morgan fingerprint density at radius 1 is 0.889 bits per heavy atom. The average molecular weight is 501 g/mol. The topological polar surface area (TPSA) is 55.8 Å². The number of esters is 1. The summed E-state index contributed by atoms with van der Waals surface area (Å²) in [5.41, 5.74) is 1.52. The lowest BCUT2D eigenvalue weighted by molar-refractivity contribution is -0.352. The van der Waals surface area contributed by atoms with E-state index in [-0.39, 0.29) is 39.1 Å². The molecule has 0 bridgehead atoms. The molecular formula is C32H52O4. The molecule has 0 aliphatic heterocycles. The third-order valence-corrected chi connectivity index (χ3v) is 14.0. The second-order valence-corrected chi connectivity index (χ2v) is 15.5. The van der Waals surface area contributed by atoms with Gasteiger partial charge in [0.15, 0.2) is 0 Å². The van der Waals surface area contributed by atoms with E-state index in [1.165, 1.54) is 44.1 Å². The Morgan fingerprint density at radius 3 is 2.22 bits per heavy atom. The van der Waals surface area contributed by atoms with Crippen molar-refractivity contribution in [3.8, 4) is 0 Å². The van der Waals surface area contributed by atoms with Gasteiger partial charge >= 0.3 is 5.97 Å². The minimum Gasteiger partial charge on any atom is -0.462 e. The van der Waals surface area contributed by atoms with Crippen molar-refractivity contribution in [3.05, 3.63) is 11.6 Å². The molecule has 5 rings (SSSR count). The van der Waals surface area contributed by atoms with E-state index < -0.39 is 5.60 Å². The number of hydrogen-bond donors (Lipinski definition) is 1. The Hall–Kier alpha value is -0.870. The fourth-order valence-electron chi connectivity index (χ4n) is 11.8. The predicted octanol–water partition coefficient (Wildman–Crippen LogP) is 8.21. The van der Waals surface area contributed by atoms with Crippen molar-refractivity contribution in [2.24, 2.45) is 50.7 Å². The molecule has 4 saturated carbocycles. The van der Waals surface area contributed by atoms with Crippen LogP contribution in [0.3, 0.4) is 0 Å². The first-order chi connectivity index (χ1) is 16.6. The van der Waals surface area contributed by atoms with Crippen molar-refractivity contribution in [3.63, 3.8) is 0 Å².